The third-order valence-electron chi connectivity index (χ3n) is 6.81. The smallest absolute Gasteiger partial charge is 0.270 e. The van der Waals surface area contributed by atoms with Crippen molar-refractivity contribution in [1.82, 2.24) is 15.2 Å². The van der Waals surface area contributed by atoms with Gasteiger partial charge in [0.05, 0.1) is 0 Å². The molecule has 1 aromatic heterocycles. The molecule has 1 saturated heterocycles. The molecule has 0 spiro atoms. The predicted octanol–water partition coefficient (Wildman–Crippen LogP) is 4.79. The van der Waals surface area contributed by atoms with Crippen LogP contribution in [0.1, 0.15) is 49.2 Å². The van der Waals surface area contributed by atoms with Gasteiger partial charge in [0.25, 0.3) is 5.91 Å². The second-order valence-corrected chi connectivity index (χ2v) is 9.12. The number of benzene rings is 2. The highest BCUT2D eigenvalue weighted by molar-refractivity contribution is 5.98. The van der Waals surface area contributed by atoms with E-state index in [1.54, 1.807) is 0 Å². The van der Waals surface area contributed by atoms with Crippen LogP contribution in [0.25, 0.3) is 10.9 Å². The Kier molecular flexibility index (Phi) is 6.93. The topological polar surface area (TPSA) is 65.2 Å². The lowest BCUT2D eigenvalue weighted by Gasteiger charge is -2.34. The highest BCUT2D eigenvalue weighted by Crippen LogP contribution is 2.27. The highest BCUT2D eigenvalue weighted by Gasteiger charge is 2.31. The maximum Gasteiger partial charge on any atom is 0.270 e. The zero-order valence-electron chi connectivity index (χ0n) is 19.0. The minimum Gasteiger partial charge on any atom is -0.353 e. The Balaban J connectivity index is 1.24. The van der Waals surface area contributed by atoms with Crippen LogP contribution in [-0.4, -0.2) is 40.8 Å². The molecule has 0 unspecified atom stereocenters. The predicted molar refractivity (Wildman–Crippen MR) is 128 cm³/mol. The van der Waals surface area contributed by atoms with Gasteiger partial charge in [-0.15, -0.1) is 0 Å². The lowest BCUT2D eigenvalue weighted by Crippen LogP contribution is -2.44. The van der Waals surface area contributed by atoms with Gasteiger partial charge in [-0.25, -0.2) is 0 Å². The minimum atomic E-state index is -0.0421. The van der Waals surface area contributed by atoms with E-state index >= 15 is 0 Å². The summed E-state index contributed by atoms with van der Waals surface area (Å²) in [5, 5.41) is 4.25. The number of carbonyl (C=O) groups is 2. The Morgan fingerprint density at radius 3 is 2.44 bits per heavy atom. The molecule has 0 radical (unpaired) electrons. The minimum absolute atomic E-state index is 0.0421. The zero-order chi connectivity index (χ0) is 22.5. The monoisotopic (exact) mass is 431 g/mol. The first-order valence-corrected chi connectivity index (χ1v) is 11.7. The van der Waals surface area contributed by atoms with E-state index in [1.807, 2.05) is 48.2 Å². The highest BCUT2D eigenvalue weighted by atomic mass is 16.2. The number of amides is 2. The first-order valence-electron chi connectivity index (χ1n) is 11.7. The van der Waals surface area contributed by atoms with Gasteiger partial charge < -0.3 is 15.2 Å². The summed E-state index contributed by atoms with van der Waals surface area (Å²) < 4.78 is 0. The fraction of sp³-hybridized carbons (Fsp3) is 0.407. The molecule has 3 aromatic rings. The maximum atomic E-state index is 12.9. The number of aromatic amines is 1. The van der Waals surface area contributed by atoms with Crippen molar-refractivity contribution in [3.05, 3.63) is 71.9 Å². The average molecular weight is 432 g/mol. The fourth-order valence-electron chi connectivity index (χ4n) is 4.65. The fourth-order valence-corrected chi connectivity index (χ4v) is 4.65. The number of aromatic nitrogens is 1. The number of carbonyl (C=O) groups excluding carboxylic acids is 2. The average Bonchev–Trinajstić information content (AvgIpc) is 3.27. The molecule has 5 nitrogen and oxygen atoms in total. The van der Waals surface area contributed by atoms with Gasteiger partial charge in [0.2, 0.25) is 5.91 Å². The van der Waals surface area contributed by atoms with E-state index in [1.165, 1.54) is 5.56 Å². The van der Waals surface area contributed by atoms with Gasteiger partial charge in [0.1, 0.15) is 5.69 Å². The third kappa shape index (κ3) is 5.21. The van der Waals surface area contributed by atoms with Crippen LogP contribution in [0.2, 0.25) is 0 Å². The molecule has 2 atom stereocenters. The summed E-state index contributed by atoms with van der Waals surface area (Å²) in [6.07, 6.45) is 3.61. The Bertz CT molecular complexity index is 1020. The van der Waals surface area contributed by atoms with E-state index < -0.39 is 0 Å². The lowest BCUT2D eigenvalue weighted by atomic mass is 9.84. The number of aryl methyl sites for hydroxylation is 1. The summed E-state index contributed by atoms with van der Waals surface area (Å²) >= 11 is 0. The molecule has 0 saturated carbocycles. The van der Waals surface area contributed by atoms with Crippen LogP contribution in [0, 0.1) is 11.8 Å². The van der Waals surface area contributed by atoms with Crippen LogP contribution in [-0.2, 0) is 11.2 Å². The van der Waals surface area contributed by atoms with Crippen molar-refractivity contribution < 1.29 is 9.59 Å². The molecule has 4 rings (SSSR count). The molecule has 32 heavy (non-hydrogen) atoms. The van der Waals surface area contributed by atoms with Crippen molar-refractivity contribution in [2.24, 2.45) is 11.8 Å². The molecule has 0 aliphatic carbocycles. The number of likely N-dealkylation sites (tertiary alicyclic amines) is 1. The number of para-hydroxylation sites is 1. The van der Waals surface area contributed by atoms with E-state index in [0.29, 0.717) is 24.7 Å². The number of nitrogens with zero attached hydrogens (tertiary/aromatic N) is 1. The van der Waals surface area contributed by atoms with Crippen LogP contribution < -0.4 is 5.32 Å². The number of piperidine rings is 1. The molecule has 0 bridgehead atoms. The number of fused-ring (bicyclic) bond motifs is 1. The summed E-state index contributed by atoms with van der Waals surface area (Å²) in [6.45, 7) is 5.49. The number of rotatable bonds is 7. The Labute approximate surface area is 190 Å². The van der Waals surface area contributed by atoms with Crippen molar-refractivity contribution in [3.63, 3.8) is 0 Å². The van der Waals surface area contributed by atoms with Gasteiger partial charge in [0.15, 0.2) is 0 Å². The van der Waals surface area contributed by atoms with Crippen molar-refractivity contribution in [2.75, 3.05) is 13.1 Å². The molecular weight excluding hydrogens is 398 g/mol. The SMILES string of the molecule is C[C@H](CCc1ccccc1)NC(=O)[C@H](C)C1CCN(C(=O)c2cc3ccccc3[nH]2)CC1. The van der Waals surface area contributed by atoms with E-state index in [4.69, 9.17) is 0 Å². The van der Waals surface area contributed by atoms with Crippen molar-refractivity contribution in [2.45, 2.75) is 45.6 Å². The molecule has 2 aromatic carbocycles. The van der Waals surface area contributed by atoms with Crippen LogP contribution in [0.3, 0.4) is 0 Å². The molecule has 2 N–H and O–H groups in total. The number of nitrogens with one attached hydrogen (secondary N) is 2. The Hall–Kier alpha value is -3.08. The second kappa shape index (κ2) is 10.0. The normalized spacial score (nSPS) is 16.6. The Morgan fingerprint density at radius 2 is 1.72 bits per heavy atom. The molecule has 1 fully saturated rings. The van der Waals surface area contributed by atoms with E-state index in [0.717, 1.165) is 36.6 Å². The number of hydrogen-bond donors (Lipinski definition) is 2. The molecule has 1 aliphatic rings. The van der Waals surface area contributed by atoms with Crippen LogP contribution in [0.15, 0.2) is 60.7 Å². The van der Waals surface area contributed by atoms with E-state index in [9.17, 15) is 9.59 Å². The first-order chi connectivity index (χ1) is 15.5. The van der Waals surface area contributed by atoms with Gasteiger partial charge in [-0.1, -0.05) is 55.5 Å². The summed E-state index contributed by atoms with van der Waals surface area (Å²) in [4.78, 5) is 30.9. The molecule has 1 aliphatic heterocycles. The van der Waals surface area contributed by atoms with Gasteiger partial charge in [-0.3, -0.25) is 9.59 Å². The lowest BCUT2D eigenvalue weighted by molar-refractivity contribution is -0.127. The quantitative estimate of drug-likeness (QED) is 0.565. The summed E-state index contributed by atoms with van der Waals surface area (Å²) in [7, 11) is 0. The van der Waals surface area contributed by atoms with Crippen molar-refractivity contribution in [3.8, 4) is 0 Å². The zero-order valence-corrected chi connectivity index (χ0v) is 19.0. The summed E-state index contributed by atoms with van der Waals surface area (Å²) in [6, 6.07) is 20.4. The summed E-state index contributed by atoms with van der Waals surface area (Å²) in [5.41, 5.74) is 2.92. The standard InChI is InChI=1S/C27H33N3O2/c1-19(12-13-21-8-4-3-5-9-21)28-26(31)20(2)22-14-16-30(17-15-22)27(32)25-18-23-10-6-7-11-24(23)29-25/h3-11,18-20,22,29H,12-17H2,1-2H3,(H,28,31)/t19-,20-/m1/s1. The Morgan fingerprint density at radius 1 is 1.03 bits per heavy atom. The molecule has 2 amide bonds. The molecule has 168 valence electrons. The second-order valence-electron chi connectivity index (χ2n) is 9.12. The van der Waals surface area contributed by atoms with E-state index in [2.05, 4.69) is 41.5 Å². The van der Waals surface area contributed by atoms with Crippen molar-refractivity contribution in [1.29, 1.82) is 0 Å². The van der Waals surface area contributed by atoms with Crippen molar-refractivity contribution >= 4 is 22.7 Å². The number of H-pyrrole nitrogens is 1. The third-order valence-corrected chi connectivity index (χ3v) is 6.81. The first kappa shape index (κ1) is 22.1. The molecule has 2 heterocycles. The molecule has 5 heteroatoms. The van der Waals surface area contributed by atoms with Crippen LogP contribution in [0.4, 0.5) is 0 Å². The van der Waals surface area contributed by atoms with Crippen LogP contribution >= 0.6 is 0 Å². The number of hydrogen-bond acceptors (Lipinski definition) is 2. The van der Waals surface area contributed by atoms with Gasteiger partial charge in [0, 0.05) is 36.0 Å². The largest absolute Gasteiger partial charge is 0.353 e. The van der Waals surface area contributed by atoms with Gasteiger partial charge in [-0.2, -0.15) is 0 Å². The summed E-state index contributed by atoms with van der Waals surface area (Å²) in [5.74, 6) is 0.444. The van der Waals surface area contributed by atoms with Gasteiger partial charge in [-0.05, 0) is 56.2 Å². The maximum absolute atomic E-state index is 12.9. The van der Waals surface area contributed by atoms with Gasteiger partial charge >= 0.3 is 0 Å². The van der Waals surface area contributed by atoms with Crippen LogP contribution in [0.5, 0.6) is 0 Å². The molecular formula is C27H33N3O2. The van der Waals surface area contributed by atoms with E-state index in [-0.39, 0.29) is 23.8 Å².